The molecular formula is C19H16ClF2NO3. The molecule has 0 saturated heterocycles. The Morgan fingerprint density at radius 3 is 2.58 bits per heavy atom. The highest BCUT2D eigenvalue weighted by atomic mass is 35.5. The quantitative estimate of drug-likeness (QED) is 0.614. The fraction of sp³-hybridized carbons (Fsp3) is 0.158. The highest BCUT2D eigenvalue weighted by molar-refractivity contribution is 6.31. The van der Waals surface area contributed by atoms with Gasteiger partial charge in [0.25, 0.3) is 5.91 Å². The normalized spacial score (nSPS) is 12.0. The number of rotatable bonds is 5. The summed E-state index contributed by atoms with van der Waals surface area (Å²) in [4.78, 5) is 23.8. The molecule has 0 aromatic heterocycles. The molecular weight excluding hydrogens is 364 g/mol. The molecule has 0 aliphatic carbocycles. The average Bonchev–Trinajstić information content (AvgIpc) is 2.58. The number of carbonyl (C=O) groups is 2. The second kappa shape index (κ2) is 8.58. The zero-order valence-electron chi connectivity index (χ0n) is 14.1. The van der Waals surface area contributed by atoms with Crippen LogP contribution in [0.1, 0.15) is 18.1 Å². The minimum Gasteiger partial charge on any atom is -0.449 e. The van der Waals surface area contributed by atoms with Gasteiger partial charge in [-0.2, -0.15) is 0 Å². The molecule has 0 radical (unpaired) electrons. The van der Waals surface area contributed by atoms with Crippen molar-refractivity contribution in [2.75, 3.05) is 5.32 Å². The van der Waals surface area contributed by atoms with Crippen molar-refractivity contribution in [1.29, 1.82) is 0 Å². The summed E-state index contributed by atoms with van der Waals surface area (Å²) in [6, 6.07) is 8.00. The van der Waals surface area contributed by atoms with E-state index < -0.39 is 29.6 Å². The van der Waals surface area contributed by atoms with Crippen molar-refractivity contribution in [3.63, 3.8) is 0 Å². The number of esters is 1. The van der Waals surface area contributed by atoms with Crippen molar-refractivity contribution in [3.8, 4) is 0 Å². The summed E-state index contributed by atoms with van der Waals surface area (Å²) in [5.74, 6) is -3.17. The predicted molar refractivity (Wildman–Crippen MR) is 95.8 cm³/mol. The van der Waals surface area contributed by atoms with Gasteiger partial charge in [0.15, 0.2) is 6.10 Å². The third-order valence-corrected chi connectivity index (χ3v) is 3.87. The fourth-order valence-corrected chi connectivity index (χ4v) is 2.16. The topological polar surface area (TPSA) is 55.4 Å². The number of aryl methyl sites for hydroxylation is 1. The summed E-state index contributed by atoms with van der Waals surface area (Å²) in [5, 5.41) is 2.80. The minimum atomic E-state index is -1.17. The Morgan fingerprint density at radius 2 is 1.92 bits per heavy atom. The maximum Gasteiger partial charge on any atom is 0.331 e. The van der Waals surface area contributed by atoms with Crippen LogP contribution in [-0.4, -0.2) is 18.0 Å². The van der Waals surface area contributed by atoms with E-state index in [1.807, 2.05) is 6.92 Å². The largest absolute Gasteiger partial charge is 0.449 e. The van der Waals surface area contributed by atoms with Gasteiger partial charge in [-0.15, -0.1) is 0 Å². The lowest BCUT2D eigenvalue weighted by atomic mass is 10.1. The van der Waals surface area contributed by atoms with Gasteiger partial charge in [-0.3, -0.25) is 4.79 Å². The van der Waals surface area contributed by atoms with Crippen molar-refractivity contribution in [2.45, 2.75) is 20.0 Å². The summed E-state index contributed by atoms with van der Waals surface area (Å²) in [7, 11) is 0. The van der Waals surface area contributed by atoms with Gasteiger partial charge in [0.1, 0.15) is 11.6 Å². The summed E-state index contributed by atoms with van der Waals surface area (Å²) >= 11 is 6.00. The van der Waals surface area contributed by atoms with Crippen LogP contribution in [-0.2, 0) is 14.3 Å². The zero-order chi connectivity index (χ0) is 19.3. The standard InChI is InChI=1S/C19H16ClF2NO3/c1-11-3-4-13(9-15(11)20)5-8-18(24)26-12(2)19(25)23-17-7-6-14(21)10-16(17)22/h3-10,12H,1-2H3,(H,23,25)/b8-5+/t12-/m0/s1. The van der Waals surface area contributed by atoms with Gasteiger partial charge in [-0.05, 0) is 49.2 Å². The maximum absolute atomic E-state index is 13.5. The highest BCUT2D eigenvalue weighted by Crippen LogP contribution is 2.18. The molecule has 0 spiro atoms. The summed E-state index contributed by atoms with van der Waals surface area (Å²) in [6.07, 6.45) is 1.49. The molecule has 2 aromatic carbocycles. The molecule has 4 nitrogen and oxygen atoms in total. The molecule has 0 bridgehead atoms. The van der Waals surface area contributed by atoms with Crippen molar-refractivity contribution < 1.29 is 23.1 Å². The summed E-state index contributed by atoms with van der Waals surface area (Å²) in [6.45, 7) is 3.19. The number of amides is 1. The average molecular weight is 380 g/mol. The molecule has 1 amide bonds. The van der Waals surface area contributed by atoms with E-state index in [1.165, 1.54) is 13.0 Å². The fourth-order valence-electron chi connectivity index (χ4n) is 1.97. The second-order valence-corrected chi connectivity index (χ2v) is 5.94. The minimum absolute atomic E-state index is 0.205. The molecule has 1 N–H and O–H groups in total. The Hall–Kier alpha value is -2.73. The Morgan fingerprint density at radius 1 is 1.19 bits per heavy atom. The monoisotopic (exact) mass is 379 g/mol. The van der Waals surface area contributed by atoms with Crippen molar-refractivity contribution >= 4 is 35.2 Å². The van der Waals surface area contributed by atoms with Crippen LogP contribution in [0.25, 0.3) is 6.08 Å². The molecule has 7 heteroatoms. The van der Waals surface area contributed by atoms with Crippen molar-refractivity contribution in [1.82, 2.24) is 0 Å². The molecule has 0 aliphatic rings. The van der Waals surface area contributed by atoms with E-state index in [0.717, 1.165) is 23.8 Å². The van der Waals surface area contributed by atoms with Crippen molar-refractivity contribution in [3.05, 3.63) is 70.3 Å². The van der Waals surface area contributed by atoms with Crippen LogP contribution < -0.4 is 5.32 Å². The summed E-state index contributed by atoms with van der Waals surface area (Å²) in [5.41, 5.74) is 1.40. The van der Waals surface area contributed by atoms with Gasteiger partial charge < -0.3 is 10.1 Å². The van der Waals surface area contributed by atoms with Crippen LogP contribution in [0, 0.1) is 18.6 Å². The van der Waals surface area contributed by atoms with Gasteiger partial charge in [0, 0.05) is 17.2 Å². The Kier molecular flexibility index (Phi) is 6.46. The first-order valence-corrected chi connectivity index (χ1v) is 8.05. The molecule has 2 aromatic rings. The van der Waals surface area contributed by atoms with Crippen LogP contribution in [0.15, 0.2) is 42.5 Å². The molecule has 0 heterocycles. The van der Waals surface area contributed by atoms with E-state index in [2.05, 4.69) is 5.32 Å². The number of ether oxygens (including phenoxy) is 1. The zero-order valence-corrected chi connectivity index (χ0v) is 14.8. The SMILES string of the molecule is Cc1ccc(/C=C/C(=O)O[C@@H](C)C(=O)Nc2ccc(F)cc2F)cc1Cl. The lowest BCUT2D eigenvalue weighted by Gasteiger charge is -2.12. The van der Waals surface area contributed by atoms with Gasteiger partial charge in [0.2, 0.25) is 0 Å². The molecule has 0 saturated carbocycles. The number of anilines is 1. The first kappa shape index (κ1) is 19.6. The number of nitrogens with one attached hydrogen (secondary N) is 1. The van der Waals surface area contributed by atoms with E-state index in [1.54, 1.807) is 18.2 Å². The molecule has 0 aliphatic heterocycles. The van der Waals surface area contributed by atoms with Crippen LogP contribution in [0.4, 0.5) is 14.5 Å². The van der Waals surface area contributed by atoms with E-state index in [4.69, 9.17) is 16.3 Å². The first-order chi connectivity index (χ1) is 12.3. The lowest BCUT2D eigenvalue weighted by Crippen LogP contribution is -2.29. The van der Waals surface area contributed by atoms with Crippen LogP contribution in [0.3, 0.4) is 0 Å². The molecule has 1 atom stereocenters. The number of hydrogen-bond acceptors (Lipinski definition) is 3. The van der Waals surface area contributed by atoms with E-state index in [-0.39, 0.29) is 5.69 Å². The molecule has 26 heavy (non-hydrogen) atoms. The molecule has 2 rings (SSSR count). The molecule has 136 valence electrons. The predicted octanol–water partition coefficient (Wildman–Crippen LogP) is 4.51. The van der Waals surface area contributed by atoms with Crippen LogP contribution in [0.2, 0.25) is 5.02 Å². The van der Waals surface area contributed by atoms with Gasteiger partial charge >= 0.3 is 5.97 Å². The van der Waals surface area contributed by atoms with Gasteiger partial charge in [-0.25, -0.2) is 13.6 Å². The third kappa shape index (κ3) is 5.39. The smallest absolute Gasteiger partial charge is 0.331 e. The highest BCUT2D eigenvalue weighted by Gasteiger charge is 2.18. The van der Waals surface area contributed by atoms with E-state index >= 15 is 0 Å². The maximum atomic E-state index is 13.5. The van der Waals surface area contributed by atoms with E-state index in [0.29, 0.717) is 16.7 Å². The lowest BCUT2D eigenvalue weighted by molar-refractivity contribution is -0.148. The van der Waals surface area contributed by atoms with Crippen molar-refractivity contribution in [2.24, 2.45) is 0 Å². The Bertz CT molecular complexity index is 868. The van der Waals surface area contributed by atoms with Gasteiger partial charge in [-0.1, -0.05) is 23.7 Å². The Balaban J connectivity index is 1.94. The molecule has 0 fully saturated rings. The Labute approximate surface area is 154 Å². The van der Waals surface area contributed by atoms with Crippen LogP contribution >= 0.6 is 11.6 Å². The summed E-state index contributed by atoms with van der Waals surface area (Å²) < 4.78 is 31.3. The third-order valence-electron chi connectivity index (χ3n) is 3.46. The van der Waals surface area contributed by atoms with Gasteiger partial charge in [0.05, 0.1) is 5.69 Å². The van der Waals surface area contributed by atoms with E-state index in [9.17, 15) is 18.4 Å². The number of benzene rings is 2. The number of carbonyl (C=O) groups excluding carboxylic acids is 2. The second-order valence-electron chi connectivity index (χ2n) is 5.53. The van der Waals surface area contributed by atoms with Crippen LogP contribution in [0.5, 0.6) is 0 Å². The molecule has 0 unspecified atom stereocenters. The number of hydrogen-bond donors (Lipinski definition) is 1. The number of halogens is 3. The first-order valence-electron chi connectivity index (χ1n) is 7.67.